The van der Waals surface area contributed by atoms with Crippen LogP contribution in [0.4, 0.5) is 10.8 Å². The molecule has 5 heteroatoms. The molecule has 1 aromatic heterocycles. The summed E-state index contributed by atoms with van der Waals surface area (Å²) < 4.78 is 0. The van der Waals surface area contributed by atoms with Gasteiger partial charge in [-0.15, -0.1) is 0 Å². The van der Waals surface area contributed by atoms with E-state index in [-0.39, 0.29) is 5.91 Å². The molecule has 0 spiro atoms. The molecule has 0 atom stereocenters. The number of amides is 1. The lowest BCUT2D eigenvalue weighted by Crippen LogP contribution is -2.12. The number of thiazole rings is 1. The Morgan fingerprint density at radius 3 is 2.78 bits per heavy atom. The number of carbonyl (C=O) groups is 1. The summed E-state index contributed by atoms with van der Waals surface area (Å²) in [5.74, 6) is -0.150. The smallest absolute Gasteiger partial charge is 0.267 e. The molecule has 0 fully saturated rings. The second-order valence-electron chi connectivity index (χ2n) is 3.93. The van der Waals surface area contributed by atoms with Crippen molar-refractivity contribution in [3.63, 3.8) is 0 Å². The predicted molar refractivity (Wildman–Crippen MR) is 75.0 cm³/mol. The Bertz CT molecular complexity index is 577. The van der Waals surface area contributed by atoms with Crippen molar-refractivity contribution in [3.8, 4) is 0 Å². The van der Waals surface area contributed by atoms with Crippen LogP contribution in [0, 0.1) is 6.92 Å². The van der Waals surface area contributed by atoms with Gasteiger partial charge in [0.2, 0.25) is 0 Å². The van der Waals surface area contributed by atoms with Crippen LogP contribution in [-0.4, -0.2) is 10.9 Å². The zero-order valence-electron chi connectivity index (χ0n) is 10.4. The van der Waals surface area contributed by atoms with Crippen molar-refractivity contribution in [2.24, 2.45) is 0 Å². The van der Waals surface area contributed by atoms with E-state index < -0.39 is 0 Å². The molecule has 94 valence electrons. The van der Waals surface area contributed by atoms with Crippen LogP contribution < -0.4 is 11.1 Å². The summed E-state index contributed by atoms with van der Waals surface area (Å²) in [6.07, 6.45) is 0.875. The van der Waals surface area contributed by atoms with Crippen LogP contribution in [0.1, 0.15) is 27.9 Å². The summed E-state index contributed by atoms with van der Waals surface area (Å²) in [5.41, 5.74) is 8.22. The molecule has 4 nitrogen and oxygen atoms in total. The van der Waals surface area contributed by atoms with E-state index in [1.54, 1.807) is 6.92 Å². The largest absolute Gasteiger partial charge is 0.375 e. The number of benzene rings is 1. The fourth-order valence-electron chi connectivity index (χ4n) is 1.76. The normalized spacial score (nSPS) is 10.3. The number of para-hydroxylation sites is 1. The van der Waals surface area contributed by atoms with E-state index in [0.29, 0.717) is 15.7 Å². The highest BCUT2D eigenvalue weighted by atomic mass is 32.1. The van der Waals surface area contributed by atoms with E-state index in [1.807, 2.05) is 24.3 Å². The molecule has 0 saturated carbocycles. The zero-order valence-corrected chi connectivity index (χ0v) is 11.2. The number of nitrogens with zero attached hydrogens (tertiary/aromatic N) is 1. The van der Waals surface area contributed by atoms with Crippen LogP contribution in [-0.2, 0) is 6.42 Å². The minimum atomic E-state index is -0.150. The van der Waals surface area contributed by atoms with Gasteiger partial charge in [-0.05, 0) is 25.0 Å². The van der Waals surface area contributed by atoms with E-state index in [1.165, 1.54) is 11.3 Å². The average Bonchev–Trinajstić information content (AvgIpc) is 2.69. The Morgan fingerprint density at radius 2 is 2.17 bits per heavy atom. The lowest BCUT2D eigenvalue weighted by Gasteiger charge is -2.08. The fraction of sp³-hybridized carbons (Fsp3) is 0.231. The van der Waals surface area contributed by atoms with Crippen molar-refractivity contribution in [2.45, 2.75) is 20.3 Å². The minimum absolute atomic E-state index is 0.150. The number of nitrogens with two attached hydrogens (primary N) is 1. The van der Waals surface area contributed by atoms with E-state index in [0.717, 1.165) is 17.7 Å². The Labute approximate surface area is 110 Å². The number of aromatic nitrogens is 1. The molecule has 2 rings (SSSR count). The van der Waals surface area contributed by atoms with Crippen LogP contribution in [0.5, 0.6) is 0 Å². The van der Waals surface area contributed by atoms with Crippen molar-refractivity contribution < 1.29 is 4.79 Å². The standard InChI is InChI=1S/C13H15N3OS/c1-3-9-6-4-5-7-10(9)16-12(17)11-8(2)15-13(14)18-11/h4-7H,3H2,1-2H3,(H2,14,15)(H,16,17). The first kappa shape index (κ1) is 12.6. The highest BCUT2D eigenvalue weighted by Gasteiger charge is 2.15. The lowest BCUT2D eigenvalue weighted by molar-refractivity contribution is 0.102. The number of hydrogen-bond donors (Lipinski definition) is 2. The number of anilines is 2. The van der Waals surface area contributed by atoms with Gasteiger partial charge in [-0.3, -0.25) is 4.79 Å². The summed E-state index contributed by atoms with van der Waals surface area (Å²) in [4.78, 5) is 16.7. The quantitative estimate of drug-likeness (QED) is 0.892. The number of hydrogen-bond acceptors (Lipinski definition) is 4. The third-order valence-corrected chi connectivity index (χ3v) is 3.65. The van der Waals surface area contributed by atoms with Gasteiger partial charge in [0.25, 0.3) is 5.91 Å². The summed E-state index contributed by atoms with van der Waals surface area (Å²) in [5, 5.41) is 3.33. The Kier molecular flexibility index (Phi) is 3.62. The number of rotatable bonds is 3. The van der Waals surface area contributed by atoms with Gasteiger partial charge in [0.15, 0.2) is 5.13 Å². The summed E-state index contributed by atoms with van der Waals surface area (Å²) >= 11 is 1.21. The van der Waals surface area contributed by atoms with Gasteiger partial charge >= 0.3 is 0 Å². The molecule has 0 aliphatic carbocycles. The van der Waals surface area contributed by atoms with Gasteiger partial charge in [-0.1, -0.05) is 36.5 Å². The van der Waals surface area contributed by atoms with E-state index >= 15 is 0 Å². The SMILES string of the molecule is CCc1ccccc1NC(=O)c1sc(N)nc1C. The molecule has 1 amide bonds. The van der Waals surface area contributed by atoms with Gasteiger partial charge in [0.05, 0.1) is 5.69 Å². The molecule has 2 aromatic rings. The molecule has 1 aromatic carbocycles. The van der Waals surface area contributed by atoms with Gasteiger partial charge in [-0.2, -0.15) is 0 Å². The molecule has 1 heterocycles. The molecule has 0 aliphatic heterocycles. The first-order valence-electron chi connectivity index (χ1n) is 5.74. The first-order valence-corrected chi connectivity index (χ1v) is 6.55. The highest BCUT2D eigenvalue weighted by molar-refractivity contribution is 7.17. The Hall–Kier alpha value is -1.88. The van der Waals surface area contributed by atoms with Gasteiger partial charge < -0.3 is 11.1 Å². The summed E-state index contributed by atoms with van der Waals surface area (Å²) in [7, 11) is 0. The number of carbonyl (C=O) groups excluding carboxylic acids is 1. The maximum absolute atomic E-state index is 12.1. The predicted octanol–water partition coefficient (Wildman–Crippen LogP) is 2.85. The number of nitrogen functional groups attached to an aromatic ring is 1. The maximum Gasteiger partial charge on any atom is 0.267 e. The summed E-state index contributed by atoms with van der Waals surface area (Å²) in [6, 6.07) is 7.77. The van der Waals surface area contributed by atoms with E-state index in [2.05, 4.69) is 17.2 Å². The number of aryl methyl sites for hydroxylation is 2. The van der Waals surface area contributed by atoms with Crippen LogP contribution in [0.2, 0.25) is 0 Å². The van der Waals surface area contributed by atoms with Gasteiger partial charge in [-0.25, -0.2) is 4.98 Å². The van der Waals surface area contributed by atoms with Crippen molar-refractivity contribution >= 4 is 28.1 Å². The molecule has 0 saturated heterocycles. The topological polar surface area (TPSA) is 68.0 Å². The fourth-order valence-corrected chi connectivity index (χ4v) is 2.49. The second-order valence-corrected chi connectivity index (χ2v) is 4.96. The van der Waals surface area contributed by atoms with Gasteiger partial charge in [0, 0.05) is 5.69 Å². The molecule has 0 bridgehead atoms. The van der Waals surface area contributed by atoms with Crippen molar-refractivity contribution in [1.82, 2.24) is 4.98 Å². The van der Waals surface area contributed by atoms with Crippen LogP contribution >= 0.6 is 11.3 Å². The van der Waals surface area contributed by atoms with Crippen LogP contribution in [0.25, 0.3) is 0 Å². The minimum Gasteiger partial charge on any atom is -0.375 e. The molecule has 0 unspecified atom stereocenters. The van der Waals surface area contributed by atoms with Gasteiger partial charge in [0.1, 0.15) is 4.88 Å². The molecule has 0 radical (unpaired) electrons. The average molecular weight is 261 g/mol. The summed E-state index contributed by atoms with van der Waals surface area (Å²) in [6.45, 7) is 3.84. The van der Waals surface area contributed by atoms with E-state index in [9.17, 15) is 4.79 Å². The molecule has 3 N–H and O–H groups in total. The molecular weight excluding hydrogens is 246 g/mol. The number of nitrogens with one attached hydrogen (secondary N) is 1. The third kappa shape index (κ3) is 2.51. The second kappa shape index (κ2) is 5.18. The molecule has 18 heavy (non-hydrogen) atoms. The Morgan fingerprint density at radius 1 is 1.44 bits per heavy atom. The maximum atomic E-state index is 12.1. The van der Waals surface area contributed by atoms with E-state index in [4.69, 9.17) is 5.73 Å². The zero-order chi connectivity index (χ0) is 13.1. The van der Waals surface area contributed by atoms with Crippen molar-refractivity contribution in [3.05, 3.63) is 40.4 Å². The third-order valence-electron chi connectivity index (χ3n) is 2.67. The lowest BCUT2D eigenvalue weighted by atomic mass is 10.1. The highest BCUT2D eigenvalue weighted by Crippen LogP contribution is 2.22. The van der Waals surface area contributed by atoms with Crippen LogP contribution in [0.3, 0.4) is 0 Å². The monoisotopic (exact) mass is 261 g/mol. The first-order chi connectivity index (χ1) is 8.61. The van der Waals surface area contributed by atoms with Crippen molar-refractivity contribution in [1.29, 1.82) is 0 Å². The van der Waals surface area contributed by atoms with Crippen molar-refractivity contribution in [2.75, 3.05) is 11.1 Å². The molecule has 0 aliphatic rings. The van der Waals surface area contributed by atoms with Crippen LogP contribution in [0.15, 0.2) is 24.3 Å². The Balaban J connectivity index is 2.24. The molecular formula is C13H15N3OS.